The van der Waals surface area contributed by atoms with E-state index in [1.165, 1.54) is 16.7 Å². The fraction of sp³-hybridized carbons (Fsp3) is 0.680. The molecule has 1 aliphatic carbocycles. The lowest BCUT2D eigenvalue weighted by molar-refractivity contribution is -0.165. The molecule has 4 nitrogen and oxygen atoms in total. The minimum absolute atomic E-state index is 0.186. The maximum absolute atomic E-state index is 12.6. The van der Waals surface area contributed by atoms with Crippen LogP contribution in [0.3, 0.4) is 0 Å². The molecule has 2 atom stereocenters. The van der Waals surface area contributed by atoms with Gasteiger partial charge in [-0.1, -0.05) is 34.9 Å². The highest BCUT2D eigenvalue weighted by atomic mass is 16.6. The first-order valence-corrected chi connectivity index (χ1v) is 11.0. The van der Waals surface area contributed by atoms with Crippen molar-refractivity contribution in [2.45, 2.75) is 99.2 Å². The summed E-state index contributed by atoms with van der Waals surface area (Å²) in [6.07, 6.45) is 11.5. The number of hydrogen-bond donors (Lipinski definition) is 0. The summed E-state index contributed by atoms with van der Waals surface area (Å²) in [5.74, 6) is -1.49. The Hall–Kier alpha value is -1.84. The van der Waals surface area contributed by atoms with Crippen molar-refractivity contribution in [1.29, 1.82) is 0 Å². The van der Waals surface area contributed by atoms with Gasteiger partial charge in [-0.2, -0.15) is 0 Å². The molecule has 0 aromatic rings. The second-order valence-corrected chi connectivity index (χ2v) is 8.90. The van der Waals surface area contributed by atoms with Gasteiger partial charge in [-0.3, -0.25) is 9.59 Å². The van der Waals surface area contributed by atoms with Gasteiger partial charge in [0.2, 0.25) is 0 Å². The van der Waals surface area contributed by atoms with Crippen molar-refractivity contribution >= 4 is 11.9 Å². The molecule has 0 aliphatic heterocycles. The highest BCUT2D eigenvalue weighted by Gasteiger charge is 2.38. The molecule has 1 aliphatic rings. The summed E-state index contributed by atoms with van der Waals surface area (Å²) in [5.41, 5.74) is 3.99. The number of rotatable bonds is 10. The average Bonchev–Trinajstić information content (AvgIpc) is 2.60. The maximum Gasteiger partial charge on any atom is 0.310 e. The summed E-state index contributed by atoms with van der Waals surface area (Å²) in [6, 6.07) is 0. The zero-order valence-corrected chi connectivity index (χ0v) is 19.4. The Balaban J connectivity index is 2.73. The van der Waals surface area contributed by atoms with Gasteiger partial charge in [0.1, 0.15) is 0 Å². The molecule has 0 N–H and O–H groups in total. The van der Waals surface area contributed by atoms with Gasteiger partial charge in [0.25, 0.3) is 0 Å². The van der Waals surface area contributed by atoms with Gasteiger partial charge < -0.3 is 9.47 Å². The number of esters is 2. The molecule has 1 rings (SSSR count). The van der Waals surface area contributed by atoms with E-state index in [2.05, 4.69) is 39.0 Å². The zero-order chi connectivity index (χ0) is 22.0. The third-order valence-electron chi connectivity index (χ3n) is 4.99. The summed E-state index contributed by atoms with van der Waals surface area (Å²) in [7, 11) is 0. The molecule has 0 aromatic carbocycles. The van der Waals surface area contributed by atoms with Crippen LogP contribution in [-0.2, 0) is 19.1 Å². The summed E-state index contributed by atoms with van der Waals surface area (Å²) in [5, 5.41) is 0. The van der Waals surface area contributed by atoms with Crippen molar-refractivity contribution < 1.29 is 19.1 Å². The molecule has 164 valence electrons. The van der Waals surface area contributed by atoms with Crippen LogP contribution in [0.5, 0.6) is 0 Å². The Kier molecular flexibility index (Phi) is 11.0. The third kappa shape index (κ3) is 9.96. The van der Waals surface area contributed by atoms with Crippen molar-refractivity contribution in [1.82, 2.24) is 0 Å². The molecular weight excluding hydrogens is 364 g/mol. The van der Waals surface area contributed by atoms with Crippen molar-refractivity contribution in [2.75, 3.05) is 0 Å². The molecular formula is C25H40O4. The third-order valence-corrected chi connectivity index (χ3v) is 4.99. The van der Waals surface area contributed by atoms with E-state index in [4.69, 9.17) is 9.47 Å². The van der Waals surface area contributed by atoms with Crippen LogP contribution in [0.2, 0.25) is 0 Å². The topological polar surface area (TPSA) is 52.6 Å². The summed E-state index contributed by atoms with van der Waals surface area (Å²) in [6.45, 7) is 13.8. The van der Waals surface area contributed by atoms with Crippen molar-refractivity contribution in [2.24, 2.45) is 11.8 Å². The van der Waals surface area contributed by atoms with E-state index in [1.807, 2.05) is 27.7 Å². The quantitative estimate of drug-likeness (QED) is 0.316. The zero-order valence-electron chi connectivity index (χ0n) is 19.4. The molecule has 29 heavy (non-hydrogen) atoms. The number of ether oxygens (including phenoxy) is 2. The smallest absolute Gasteiger partial charge is 0.310 e. The molecule has 4 heteroatoms. The van der Waals surface area contributed by atoms with E-state index in [0.29, 0.717) is 12.8 Å². The molecule has 0 fully saturated rings. The van der Waals surface area contributed by atoms with Crippen LogP contribution in [0.4, 0.5) is 0 Å². The van der Waals surface area contributed by atoms with Crippen LogP contribution in [0.25, 0.3) is 0 Å². The first-order chi connectivity index (χ1) is 13.6. The van der Waals surface area contributed by atoms with Crippen molar-refractivity contribution in [3.63, 3.8) is 0 Å². The minimum atomic E-state index is -0.452. The van der Waals surface area contributed by atoms with Crippen LogP contribution in [-0.4, -0.2) is 24.1 Å². The predicted molar refractivity (Wildman–Crippen MR) is 118 cm³/mol. The Morgan fingerprint density at radius 1 is 0.966 bits per heavy atom. The Morgan fingerprint density at radius 3 is 2.10 bits per heavy atom. The molecule has 0 saturated carbocycles. The summed E-state index contributed by atoms with van der Waals surface area (Å²) < 4.78 is 10.8. The van der Waals surface area contributed by atoms with Crippen LogP contribution < -0.4 is 0 Å². The van der Waals surface area contributed by atoms with Gasteiger partial charge in [0.05, 0.1) is 24.0 Å². The van der Waals surface area contributed by atoms with Crippen molar-refractivity contribution in [3.05, 3.63) is 34.9 Å². The summed E-state index contributed by atoms with van der Waals surface area (Å²) >= 11 is 0. The number of hydrogen-bond acceptors (Lipinski definition) is 4. The van der Waals surface area contributed by atoms with Gasteiger partial charge >= 0.3 is 11.9 Å². The Morgan fingerprint density at radius 2 is 1.55 bits per heavy atom. The second-order valence-electron chi connectivity index (χ2n) is 8.90. The van der Waals surface area contributed by atoms with Gasteiger partial charge in [0, 0.05) is 0 Å². The Labute approximate surface area is 177 Å². The number of carbonyl (C=O) groups excluding carboxylic acids is 2. The lowest BCUT2D eigenvalue weighted by Gasteiger charge is -2.29. The van der Waals surface area contributed by atoms with Gasteiger partial charge in [-0.05, 0) is 87.0 Å². The minimum Gasteiger partial charge on any atom is -0.463 e. The lowest BCUT2D eigenvalue weighted by atomic mass is 9.78. The van der Waals surface area contributed by atoms with E-state index in [0.717, 1.165) is 25.7 Å². The average molecular weight is 405 g/mol. The van der Waals surface area contributed by atoms with Gasteiger partial charge in [0.15, 0.2) is 0 Å². The van der Waals surface area contributed by atoms with E-state index < -0.39 is 11.8 Å². The highest BCUT2D eigenvalue weighted by molar-refractivity contribution is 5.83. The fourth-order valence-electron chi connectivity index (χ4n) is 3.51. The van der Waals surface area contributed by atoms with E-state index in [9.17, 15) is 9.59 Å². The van der Waals surface area contributed by atoms with Crippen LogP contribution >= 0.6 is 0 Å². The normalized spacial score (nSPS) is 19.8. The molecule has 0 radical (unpaired) electrons. The van der Waals surface area contributed by atoms with Gasteiger partial charge in [-0.25, -0.2) is 0 Å². The van der Waals surface area contributed by atoms with Gasteiger partial charge in [-0.15, -0.1) is 0 Å². The number of carbonyl (C=O) groups is 2. The second kappa shape index (κ2) is 12.7. The molecule has 2 unspecified atom stereocenters. The van der Waals surface area contributed by atoms with E-state index in [1.54, 1.807) is 0 Å². The van der Waals surface area contributed by atoms with Crippen LogP contribution in [0.1, 0.15) is 87.0 Å². The maximum atomic E-state index is 12.6. The van der Waals surface area contributed by atoms with Crippen LogP contribution in [0.15, 0.2) is 34.9 Å². The predicted octanol–water partition coefficient (Wildman–Crippen LogP) is 6.32. The fourth-order valence-corrected chi connectivity index (χ4v) is 3.51. The molecule has 0 amide bonds. The highest BCUT2D eigenvalue weighted by Crippen LogP contribution is 2.34. The molecule has 0 aromatic heterocycles. The Bertz CT molecular complexity index is 633. The largest absolute Gasteiger partial charge is 0.463 e. The lowest BCUT2D eigenvalue weighted by Crippen LogP contribution is -2.36. The molecule has 0 saturated heterocycles. The van der Waals surface area contributed by atoms with Crippen molar-refractivity contribution in [3.8, 4) is 0 Å². The monoisotopic (exact) mass is 404 g/mol. The standard InChI is InChI=1S/C25H40O4/c1-17(2)10-8-11-20(7)12-9-13-21-14-15-22(24(26)28-18(3)4)23(16-21)25(27)29-19(5)6/h10,12,14,18-19,22-23H,8-9,11,13,15-16H2,1-7H3/b20-12+. The van der Waals surface area contributed by atoms with E-state index >= 15 is 0 Å². The van der Waals surface area contributed by atoms with E-state index in [-0.39, 0.29) is 24.1 Å². The first kappa shape index (κ1) is 25.2. The molecule has 0 spiro atoms. The molecule has 0 heterocycles. The number of allylic oxidation sites excluding steroid dienone is 6. The first-order valence-electron chi connectivity index (χ1n) is 11.0. The molecule has 0 bridgehead atoms. The SMILES string of the molecule is CC(C)=CCC/C(C)=C/CCC1=CCC(C(=O)OC(C)C)C(C(=O)OC(C)C)C1. The summed E-state index contributed by atoms with van der Waals surface area (Å²) in [4.78, 5) is 25.1. The van der Waals surface area contributed by atoms with Crippen LogP contribution in [0, 0.1) is 11.8 Å².